The number of amides is 1. The first kappa shape index (κ1) is 27.4. The average molecular weight is 591 g/mol. The highest BCUT2D eigenvalue weighted by Crippen LogP contribution is 2.58. The fourth-order valence-corrected chi connectivity index (χ4v) is 7.88. The van der Waals surface area contributed by atoms with Gasteiger partial charge in [0.15, 0.2) is 11.6 Å². The van der Waals surface area contributed by atoms with E-state index in [1.54, 1.807) is 0 Å². The molecule has 0 aliphatic heterocycles. The number of hydrogen-bond donors (Lipinski definition) is 0. The van der Waals surface area contributed by atoms with Crippen molar-refractivity contribution in [2.24, 2.45) is 11.3 Å². The molecule has 7 nitrogen and oxygen atoms in total. The minimum atomic E-state index is -2.67. The quantitative estimate of drug-likeness (QED) is 0.264. The zero-order valence-corrected chi connectivity index (χ0v) is 24.9. The van der Waals surface area contributed by atoms with Crippen LogP contribution in [0.25, 0.3) is 11.3 Å². The Morgan fingerprint density at radius 1 is 0.907 bits per heavy atom. The van der Waals surface area contributed by atoms with Gasteiger partial charge < -0.3 is 13.9 Å². The van der Waals surface area contributed by atoms with Gasteiger partial charge in [0.1, 0.15) is 0 Å². The molecular formula is C34H40F2N4O3. The second-order valence-electron chi connectivity index (χ2n) is 14.8. The number of carbonyl (C=O) groups excluding carboxylic acids is 1. The van der Waals surface area contributed by atoms with Gasteiger partial charge in [-0.2, -0.15) is 4.98 Å². The third-order valence-electron chi connectivity index (χ3n) is 11.6. The molecule has 6 aliphatic carbocycles. The van der Waals surface area contributed by atoms with E-state index < -0.39 is 5.92 Å². The van der Waals surface area contributed by atoms with Gasteiger partial charge in [-0.15, -0.1) is 0 Å². The first-order chi connectivity index (χ1) is 20.7. The van der Waals surface area contributed by atoms with E-state index in [0.717, 1.165) is 92.9 Å². The van der Waals surface area contributed by atoms with Gasteiger partial charge in [-0.1, -0.05) is 29.4 Å². The van der Waals surface area contributed by atoms with Crippen molar-refractivity contribution in [3.63, 3.8) is 0 Å². The van der Waals surface area contributed by atoms with Crippen LogP contribution in [0.4, 0.5) is 14.5 Å². The third kappa shape index (κ3) is 5.00. The summed E-state index contributed by atoms with van der Waals surface area (Å²) in [5, 5.41) is 8.76. The number of nitrogens with zero attached hydrogens (tertiary/aromatic N) is 4. The van der Waals surface area contributed by atoms with Crippen molar-refractivity contribution in [1.29, 1.82) is 0 Å². The molecule has 2 aromatic heterocycles. The number of alkyl halides is 2. The molecule has 2 heterocycles. The first-order valence-electron chi connectivity index (χ1n) is 16.3. The van der Waals surface area contributed by atoms with Crippen molar-refractivity contribution >= 4 is 11.6 Å². The molecule has 6 aliphatic rings. The SMILES string of the molecule is CC1(c2nc(C34CCC(CN(C(=O)C5CCC(F)(F)CC5)c5cccc(-c6cc(C7CC7)no6)c5)(CC3)CC4)no2)CC1. The molecule has 3 aromatic rings. The van der Waals surface area contributed by atoms with Crippen LogP contribution in [0.2, 0.25) is 0 Å². The number of anilines is 1. The molecule has 0 N–H and O–H groups in total. The number of halogens is 2. The van der Waals surface area contributed by atoms with Gasteiger partial charge in [-0.25, -0.2) is 8.78 Å². The Bertz CT molecular complexity index is 1500. The van der Waals surface area contributed by atoms with Crippen LogP contribution in [0.1, 0.15) is 120 Å². The Morgan fingerprint density at radius 2 is 1.63 bits per heavy atom. The lowest BCUT2D eigenvalue weighted by Crippen LogP contribution is -2.52. The molecule has 9 rings (SSSR count). The molecule has 43 heavy (non-hydrogen) atoms. The number of fused-ring (bicyclic) bond motifs is 3. The van der Waals surface area contributed by atoms with Gasteiger partial charge in [0.25, 0.3) is 0 Å². The highest BCUT2D eigenvalue weighted by molar-refractivity contribution is 5.95. The van der Waals surface area contributed by atoms with Crippen molar-refractivity contribution in [2.75, 3.05) is 11.4 Å². The fourth-order valence-electron chi connectivity index (χ4n) is 7.88. The third-order valence-corrected chi connectivity index (χ3v) is 11.6. The summed E-state index contributed by atoms with van der Waals surface area (Å²) >= 11 is 0. The fraction of sp³-hybridized carbons (Fsp3) is 0.647. The van der Waals surface area contributed by atoms with Gasteiger partial charge in [0, 0.05) is 59.4 Å². The van der Waals surface area contributed by atoms with Crippen LogP contribution in [-0.2, 0) is 15.6 Å². The van der Waals surface area contributed by atoms with E-state index in [4.69, 9.17) is 14.0 Å². The van der Waals surface area contributed by atoms with E-state index in [-0.39, 0.29) is 53.8 Å². The average Bonchev–Trinajstić information content (AvgIpc) is 3.89. The highest BCUT2D eigenvalue weighted by atomic mass is 19.3. The zero-order chi connectivity index (χ0) is 29.5. The second-order valence-corrected chi connectivity index (χ2v) is 14.8. The summed E-state index contributed by atoms with van der Waals surface area (Å²) in [5.74, 6) is -0.252. The zero-order valence-electron chi connectivity index (χ0n) is 24.9. The smallest absolute Gasteiger partial charge is 0.248 e. The van der Waals surface area contributed by atoms with Crippen molar-refractivity contribution in [3.8, 4) is 11.3 Å². The predicted octanol–water partition coefficient (Wildman–Crippen LogP) is 8.10. The van der Waals surface area contributed by atoms with Gasteiger partial charge >= 0.3 is 0 Å². The van der Waals surface area contributed by atoms with Gasteiger partial charge in [0.2, 0.25) is 17.7 Å². The lowest BCUT2D eigenvalue weighted by atomic mass is 9.53. The standard InChI is InChI=1S/C34H40F2N4O3/c1-31(11-12-31)30-37-29(39-43-30)33-16-13-32(14-17-33,15-18-33)21-40(28(41)23-7-9-34(35,36)10-8-23)25-4-2-3-24(19-25)27-20-26(38-42-27)22-5-6-22/h2-4,19-20,22-23H,5-18,21H2,1H3. The van der Waals surface area contributed by atoms with Crippen LogP contribution in [0.5, 0.6) is 0 Å². The summed E-state index contributed by atoms with van der Waals surface area (Å²) in [6.45, 7) is 2.79. The van der Waals surface area contributed by atoms with Crippen LogP contribution in [-0.4, -0.2) is 33.7 Å². The lowest BCUT2D eigenvalue weighted by Gasteiger charge is -2.53. The Morgan fingerprint density at radius 3 is 2.30 bits per heavy atom. The van der Waals surface area contributed by atoms with Gasteiger partial charge in [-0.05, 0) is 94.6 Å². The van der Waals surface area contributed by atoms with Crippen LogP contribution in [0, 0.1) is 11.3 Å². The summed E-state index contributed by atoms with van der Waals surface area (Å²) in [6, 6.07) is 9.94. The number of carbonyl (C=O) groups is 1. The number of aromatic nitrogens is 3. The lowest BCUT2D eigenvalue weighted by molar-refractivity contribution is -0.127. The largest absolute Gasteiger partial charge is 0.356 e. The molecule has 0 radical (unpaired) electrons. The summed E-state index contributed by atoms with van der Waals surface area (Å²) in [6.07, 6.45) is 10.4. The molecule has 0 atom stereocenters. The molecule has 9 heteroatoms. The highest BCUT2D eigenvalue weighted by Gasteiger charge is 2.54. The first-order valence-corrected chi connectivity index (χ1v) is 16.3. The molecule has 0 unspecified atom stereocenters. The van der Waals surface area contributed by atoms with E-state index in [1.807, 2.05) is 35.2 Å². The molecule has 6 fully saturated rings. The number of rotatable bonds is 8. The maximum Gasteiger partial charge on any atom is 0.248 e. The van der Waals surface area contributed by atoms with Crippen LogP contribution in [0.15, 0.2) is 39.4 Å². The predicted molar refractivity (Wildman–Crippen MR) is 156 cm³/mol. The summed E-state index contributed by atoms with van der Waals surface area (Å²) in [4.78, 5) is 21.0. The van der Waals surface area contributed by atoms with E-state index in [0.29, 0.717) is 18.2 Å². The van der Waals surface area contributed by atoms with Crippen LogP contribution < -0.4 is 4.90 Å². The summed E-state index contributed by atoms with van der Waals surface area (Å²) in [5.41, 5.74) is 2.66. The molecule has 0 saturated heterocycles. The van der Waals surface area contributed by atoms with E-state index in [1.165, 1.54) is 0 Å². The number of benzene rings is 1. The Kier molecular flexibility index (Phi) is 6.19. The molecule has 2 bridgehead atoms. The Balaban J connectivity index is 1.05. The van der Waals surface area contributed by atoms with E-state index >= 15 is 0 Å². The molecule has 1 amide bonds. The van der Waals surface area contributed by atoms with Crippen molar-refractivity contribution in [2.45, 2.75) is 119 Å². The minimum absolute atomic E-state index is 0.0214. The van der Waals surface area contributed by atoms with Gasteiger partial charge in [0.05, 0.1) is 5.69 Å². The maximum absolute atomic E-state index is 14.2. The van der Waals surface area contributed by atoms with Crippen LogP contribution in [0.3, 0.4) is 0 Å². The topological polar surface area (TPSA) is 85.3 Å². The Labute approximate surface area is 250 Å². The van der Waals surface area contributed by atoms with E-state index in [2.05, 4.69) is 17.2 Å². The normalized spacial score (nSPS) is 29.5. The molecular weight excluding hydrogens is 550 g/mol. The monoisotopic (exact) mass is 590 g/mol. The molecule has 1 aromatic carbocycles. The summed E-state index contributed by atoms with van der Waals surface area (Å²) in [7, 11) is 0. The van der Waals surface area contributed by atoms with Crippen molar-refractivity contribution < 1.29 is 22.6 Å². The maximum atomic E-state index is 14.2. The second kappa shape index (κ2) is 9.70. The minimum Gasteiger partial charge on any atom is -0.356 e. The van der Waals surface area contributed by atoms with Crippen molar-refractivity contribution in [1.82, 2.24) is 15.3 Å². The number of hydrogen-bond acceptors (Lipinski definition) is 6. The molecule has 6 saturated carbocycles. The Hall–Kier alpha value is -3.10. The van der Waals surface area contributed by atoms with Gasteiger partial charge in [-0.3, -0.25) is 4.79 Å². The van der Waals surface area contributed by atoms with Crippen LogP contribution >= 0.6 is 0 Å². The molecule has 0 spiro atoms. The summed E-state index contributed by atoms with van der Waals surface area (Å²) < 4.78 is 39.5. The molecule has 228 valence electrons. The van der Waals surface area contributed by atoms with Crippen molar-refractivity contribution in [3.05, 3.63) is 47.7 Å². The van der Waals surface area contributed by atoms with E-state index in [9.17, 15) is 13.6 Å².